The fraction of sp³-hybridized carbons (Fsp3) is 0.421. The van der Waals surface area contributed by atoms with Crippen molar-refractivity contribution in [2.45, 2.75) is 31.2 Å². The monoisotopic (exact) mass is 294 g/mol. The van der Waals surface area contributed by atoms with Crippen molar-refractivity contribution in [2.24, 2.45) is 11.7 Å². The van der Waals surface area contributed by atoms with Gasteiger partial charge in [-0.15, -0.1) is 0 Å². The van der Waals surface area contributed by atoms with Crippen molar-refractivity contribution in [1.29, 1.82) is 0 Å². The summed E-state index contributed by atoms with van der Waals surface area (Å²) in [5.41, 5.74) is 7.23. The van der Waals surface area contributed by atoms with Crippen LogP contribution in [-0.2, 0) is 4.79 Å². The van der Waals surface area contributed by atoms with Gasteiger partial charge in [0, 0.05) is 25.0 Å². The largest absolute Gasteiger partial charge is 0.342 e. The summed E-state index contributed by atoms with van der Waals surface area (Å²) in [7, 11) is 0. The fourth-order valence-corrected chi connectivity index (χ4v) is 3.63. The van der Waals surface area contributed by atoms with Crippen LogP contribution in [0.3, 0.4) is 0 Å². The van der Waals surface area contributed by atoms with Crippen LogP contribution in [0.2, 0.25) is 0 Å². The Morgan fingerprint density at radius 3 is 2.55 bits per heavy atom. The Balaban J connectivity index is 1.47. The molecule has 2 aromatic carbocycles. The molecule has 0 aromatic heterocycles. The number of benzene rings is 2. The third kappa shape index (κ3) is 2.50. The first kappa shape index (κ1) is 13.8. The Kier molecular flexibility index (Phi) is 3.38. The molecule has 0 radical (unpaired) electrons. The second-order valence-electron chi connectivity index (χ2n) is 6.72. The molecule has 114 valence electrons. The first-order valence-corrected chi connectivity index (χ1v) is 8.25. The molecule has 2 atom stereocenters. The molecular weight excluding hydrogens is 272 g/mol. The van der Waals surface area contributed by atoms with E-state index in [1.54, 1.807) is 0 Å². The number of likely N-dealkylation sites (tertiary alicyclic amines) is 1. The van der Waals surface area contributed by atoms with Crippen LogP contribution in [0.25, 0.3) is 10.8 Å². The van der Waals surface area contributed by atoms with Gasteiger partial charge in [-0.05, 0) is 41.5 Å². The number of carbonyl (C=O) groups excluding carboxylic acids is 1. The zero-order chi connectivity index (χ0) is 15.1. The maximum atomic E-state index is 12.6. The summed E-state index contributed by atoms with van der Waals surface area (Å²) in [5, 5.41) is 2.53. The summed E-state index contributed by atoms with van der Waals surface area (Å²) < 4.78 is 0. The summed E-state index contributed by atoms with van der Waals surface area (Å²) in [6.07, 6.45) is 2.89. The quantitative estimate of drug-likeness (QED) is 0.925. The summed E-state index contributed by atoms with van der Waals surface area (Å²) in [4.78, 5) is 14.6. The number of amides is 1. The fourth-order valence-electron chi connectivity index (χ4n) is 3.63. The Morgan fingerprint density at radius 1 is 1.05 bits per heavy atom. The highest BCUT2D eigenvalue weighted by atomic mass is 16.2. The maximum absolute atomic E-state index is 12.6. The van der Waals surface area contributed by atoms with Gasteiger partial charge in [0.25, 0.3) is 0 Å². The van der Waals surface area contributed by atoms with E-state index in [0.717, 1.165) is 32.4 Å². The van der Waals surface area contributed by atoms with Crippen molar-refractivity contribution in [1.82, 2.24) is 4.90 Å². The van der Waals surface area contributed by atoms with E-state index in [1.165, 1.54) is 16.3 Å². The van der Waals surface area contributed by atoms with Crippen LogP contribution in [-0.4, -0.2) is 29.9 Å². The van der Waals surface area contributed by atoms with Gasteiger partial charge in [0.1, 0.15) is 0 Å². The standard InChI is InChI=1S/C19H22N2O/c20-16-7-9-21(10-8-16)19(22)18-12-17(18)15-6-5-13-3-1-2-4-14(13)11-15/h1-6,11,16-18H,7-10,12,20H2. The normalized spacial score (nSPS) is 25.4. The molecule has 2 fully saturated rings. The third-order valence-corrected chi connectivity index (χ3v) is 5.16. The zero-order valence-corrected chi connectivity index (χ0v) is 12.7. The van der Waals surface area contributed by atoms with E-state index in [9.17, 15) is 4.79 Å². The number of rotatable bonds is 2. The van der Waals surface area contributed by atoms with Crippen molar-refractivity contribution in [3.8, 4) is 0 Å². The van der Waals surface area contributed by atoms with E-state index in [4.69, 9.17) is 5.73 Å². The van der Waals surface area contributed by atoms with Crippen LogP contribution in [0.5, 0.6) is 0 Å². The Bertz CT molecular complexity index is 703. The minimum Gasteiger partial charge on any atom is -0.342 e. The molecule has 1 amide bonds. The average molecular weight is 294 g/mol. The van der Waals surface area contributed by atoms with Crippen LogP contribution in [0.15, 0.2) is 42.5 Å². The number of nitrogens with two attached hydrogens (primary N) is 1. The van der Waals surface area contributed by atoms with Gasteiger partial charge in [-0.2, -0.15) is 0 Å². The Labute approximate surface area is 131 Å². The molecule has 2 N–H and O–H groups in total. The second-order valence-corrected chi connectivity index (χ2v) is 6.72. The van der Waals surface area contributed by atoms with Gasteiger partial charge in [0.2, 0.25) is 5.91 Å². The number of carbonyl (C=O) groups is 1. The molecule has 1 saturated heterocycles. The summed E-state index contributed by atoms with van der Waals surface area (Å²) in [5.74, 6) is 0.938. The molecule has 4 rings (SSSR count). The number of hydrogen-bond acceptors (Lipinski definition) is 2. The average Bonchev–Trinajstić information content (AvgIpc) is 3.35. The molecule has 1 saturated carbocycles. The summed E-state index contributed by atoms with van der Waals surface area (Å²) in [6.45, 7) is 1.67. The Hall–Kier alpha value is -1.87. The van der Waals surface area contributed by atoms with Crippen molar-refractivity contribution in [3.05, 3.63) is 48.0 Å². The molecule has 2 aliphatic rings. The van der Waals surface area contributed by atoms with E-state index in [-0.39, 0.29) is 12.0 Å². The van der Waals surface area contributed by atoms with Crippen molar-refractivity contribution < 1.29 is 4.79 Å². The zero-order valence-electron chi connectivity index (χ0n) is 12.7. The molecule has 0 spiro atoms. The maximum Gasteiger partial charge on any atom is 0.226 e. The number of nitrogens with zero attached hydrogens (tertiary/aromatic N) is 1. The van der Waals surface area contributed by atoms with E-state index >= 15 is 0 Å². The molecule has 0 bridgehead atoms. The van der Waals surface area contributed by atoms with Crippen molar-refractivity contribution >= 4 is 16.7 Å². The number of piperidine rings is 1. The van der Waals surface area contributed by atoms with E-state index in [2.05, 4.69) is 42.5 Å². The van der Waals surface area contributed by atoms with Gasteiger partial charge in [0.15, 0.2) is 0 Å². The molecule has 3 nitrogen and oxygen atoms in total. The molecule has 1 heterocycles. The lowest BCUT2D eigenvalue weighted by Crippen LogP contribution is -2.43. The smallest absolute Gasteiger partial charge is 0.226 e. The predicted octanol–water partition coefficient (Wildman–Crippen LogP) is 2.89. The van der Waals surface area contributed by atoms with Crippen molar-refractivity contribution in [2.75, 3.05) is 13.1 Å². The highest BCUT2D eigenvalue weighted by Crippen LogP contribution is 2.49. The molecule has 2 aromatic rings. The van der Waals surface area contributed by atoms with Gasteiger partial charge in [0.05, 0.1) is 0 Å². The lowest BCUT2D eigenvalue weighted by Gasteiger charge is -2.30. The van der Waals surface area contributed by atoms with Crippen LogP contribution < -0.4 is 5.73 Å². The number of hydrogen-bond donors (Lipinski definition) is 1. The highest BCUT2D eigenvalue weighted by Gasteiger charge is 2.46. The molecular formula is C19H22N2O. The molecule has 2 unspecified atom stereocenters. The van der Waals surface area contributed by atoms with Crippen LogP contribution in [0.4, 0.5) is 0 Å². The lowest BCUT2D eigenvalue weighted by atomic mass is 10.0. The topological polar surface area (TPSA) is 46.3 Å². The molecule has 1 aliphatic heterocycles. The van der Waals surface area contributed by atoms with Crippen LogP contribution in [0.1, 0.15) is 30.7 Å². The lowest BCUT2D eigenvalue weighted by molar-refractivity contribution is -0.133. The van der Waals surface area contributed by atoms with Gasteiger partial charge < -0.3 is 10.6 Å². The third-order valence-electron chi connectivity index (χ3n) is 5.16. The minimum absolute atomic E-state index is 0.190. The van der Waals surface area contributed by atoms with Crippen molar-refractivity contribution in [3.63, 3.8) is 0 Å². The summed E-state index contributed by atoms with van der Waals surface area (Å²) in [6, 6.07) is 15.3. The van der Waals surface area contributed by atoms with Gasteiger partial charge >= 0.3 is 0 Å². The SMILES string of the molecule is NC1CCN(C(=O)C2CC2c2ccc3ccccc3c2)CC1. The van der Waals surface area contributed by atoms with E-state index < -0.39 is 0 Å². The minimum atomic E-state index is 0.190. The highest BCUT2D eigenvalue weighted by molar-refractivity contribution is 5.86. The molecule has 1 aliphatic carbocycles. The molecule has 3 heteroatoms. The van der Waals surface area contributed by atoms with Gasteiger partial charge in [-0.3, -0.25) is 4.79 Å². The predicted molar refractivity (Wildman–Crippen MR) is 88.6 cm³/mol. The summed E-state index contributed by atoms with van der Waals surface area (Å²) >= 11 is 0. The van der Waals surface area contributed by atoms with Crippen LogP contribution >= 0.6 is 0 Å². The van der Waals surface area contributed by atoms with Gasteiger partial charge in [-0.25, -0.2) is 0 Å². The molecule has 22 heavy (non-hydrogen) atoms. The second kappa shape index (κ2) is 5.40. The van der Waals surface area contributed by atoms with Gasteiger partial charge in [-0.1, -0.05) is 42.5 Å². The first-order valence-electron chi connectivity index (χ1n) is 8.25. The van der Waals surface area contributed by atoms with E-state index in [1.807, 2.05) is 4.90 Å². The number of fused-ring (bicyclic) bond motifs is 1. The first-order chi connectivity index (χ1) is 10.7. The van der Waals surface area contributed by atoms with Crippen LogP contribution in [0, 0.1) is 5.92 Å². The Morgan fingerprint density at radius 2 is 1.77 bits per heavy atom. The van der Waals surface area contributed by atoms with E-state index in [0.29, 0.717) is 11.8 Å².